The van der Waals surface area contributed by atoms with Crippen molar-refractivity contribution in [2.24, 2.45) is 11.3 Å². The Morgan fingerprint density at radius 3 is 2.70 bits per heavy atom. The number of methoxy groups -OCH3 is 1. The predicted octanol–water partition coefficient (Wildman–Crippen LogP) is 1.18. The Morgan fingerprint density at radius 2 is 2.10 bits per heavy atom. The summed E-state index contributed by atoms with van der Waals surface area (Å²) in [6, 6.07) is 0. The molecule has 0 bridgehead atoms. The first-order valence-corrected chi connectivity index (χ1v) is 7.39. The molecule has 2 atom stereocenters. The summed E-state index contributed by atoms with van der Waals surface area (Å²) in [4.78, 5) is 26.2. The van der Waals surface area contributed by atoms with E-state index in [9.17, 15) is 9.59 Å². The number of amides is 1. The summed E-state index contributed by atoms with van der Waals surface area (Å²) in [6.45, 7) is 7.76. The highest BCUT2D eigenvalue weighted by Gasteiger charge is 2.55. The highest BCUT2D eigenvalue weighted by Crippen LogP contribution is 2.49. The summed E-state index contributed by atoms with van der Waals surface area (Å²) in [5.41, 5.74) is -0.580. The normalized spacial score (nSPS) is 30.1. The van der Waals surface area contributed by atoms with Gasteiger partial charge in [0.15, 0.2) is 0 Å². The molecule has 1 saturated carbocycles. The maximum atomic E-state index is 12.1. The largest absolute Gasteiger partial charge is 0.469 e. The summed E-state index contributed by atoms with van der Waals surface area (Å²) in [5.74, 6) is 0.272. The van der Waals surface area contributed by atoms with Crippen LogP contribution in [0.4, 0.5) is 0 Å². The maximum absolute atomic E-state index is 12.1. The Kier molecular flexibility index (Phi) is 4.09. The zero-order valence-corrected chi connectivity index (χ0v) is 13.0. The quantitative estimate of drug-likeness (QED) is 0.790. The summed E-state index contributed by atoms with van der Waals surface area (Å²) < 4.78 is 5.01. The zero-order valence-electron chi connectivity index (χ0n) is 13.0. The molecule has 0 unspecified atom stereocenters. The maximum Gasteiger partial charge on any atom is 0.313 e. The Hall–Kier alpha value is -1.10. The Morgan fingerprint density at radius 1 is 1.40 bits per heavy atom. The third-order valence-electron chi connectivity index (χ3n) is 4.41. The number of carbonyl (C=O) groups is 2. The summed E-state index contributed by atoms with van der Waals surface area (Å²) in [5, 5.41) is 2.97. The lowest BCUT2D eigenvalue weighted by molar-refractivity contribution is -0.153. The molecule has 0 aromatic carbocycles. The van der Waals surface area contributed by atoms with E-state index in [-0.39, 0.29) is 22.8 Å². The molecule has 0 aromatic rings. The summed E-state index contributed by atoms with van der Waals surface area (Å²) in [7, 11) is 1.46. The van der Waals surface area contributed by atoms with E-state index in [1.807, 2.05) is 20.8 Å². The molecule has 114 valence electrons. The molecule has 1 aliphatic heterocycles. The van der Waals surface area contributed by atoms with Crippen molar-refractivity contribution in [2.45, 2.75) is 45.6 Å². The average molecular weight is 282 g/mol. The van der Waals surface area contributed by atoms with Crippen LogP contribution in [0, 0.1) is 11.3 Å². The van der Waals surface area contributed by atoms with E-state index >= 15 is 0 Å². The minimum absolute atomic E-state index is 0.0255. The molecule has 1 amide bonds. The van der Waals surface area contributed by atoms with Crippen LogP contribution in [0.2, 0.25) is 0 Å². The minimum atomic E-state index is -0.364. The van der Waals surface area contributed by atoms with Crippen LogP contribution in [-0.2, 0) is 14.3 Å². The van der Waals surface area contributed by atoms with Crippen molar-refractivity contribution in [2.75, 3.05) is 26.7 Å². The van der Waals surface area contributed by atoms with Crippen molar-refractivity contribution in [3.8, 4) is 0 Å². The second-order valence-corrected chi connectivity index (χ2v) is 7.20. The standard InChI is InChI=1S/C15H26N2O3/c1-14(2,3)16-12(18)9-17-8-11-6-5-7-15(11,10-17)13(19)20-4/h11H,5-10H2,1-4H3,(H,16,18)/t11-,15-/m1/s1. The fourth-order valence-corrected chi connectivity index (χ4v) is 3.71. The molecule has 0 spiro atoms. The first kappa shape index (κ1) is 15.3. The van der Waals surface area contributed by atoms with Gasteiger partial charge < -0.3 is 10.1 Å². The van der Waals surface area contributed by atoms with Gasteiger partial charge in [0, 0.05) is 18.6 Å². The van der Waals surface area contributed by atoms with Gasteiger partial charge in [-0.3, -0.25) is 14.5 Å². The van der Waals surface area contributed by atoms with Crippen LogP contribution >= 0.6 is 0 Å². The Balaban J connectivity index is 1.98. The summed E-state index contributed by atoms with van der Waals surface area (Å²) >= 11 is 0. The molecule has 1 N–H and O–H groups in total. The van der Waals surface area contributed by atoms with Gasteiger partial charge in [0.1, 0.15) is 0 Å². The number of rotatable bonds is 3. The van der Waals surface area contributed by atoms with Gasteiger partial charge in [0.05, 0.1) is 19.1 Å². The Labute approximate surface area is 121 Å². The highest BCUT2D eigenvalue weighted by atomic mass is 16.5. The topological polar surface area (TPSA) is 58.6 Å². The molecule has 2 aliphatic rings. The lowest BCUT2D eigenvalue weighted by Crippen LogP contribution is -2.46. The van der Waals surface area contributed by atoms with Gasteiger partial charge in [0.25, 0.3) is 0 Å². The third kappa shape index (κ3) is 2.97. The van der Waals surface area contributed by atoms with Gasteiger partial charge in [-0.05, 0) is 39.5 Å². The van der Waals surface area contributed by atoms with Gasteiger partial charge in [-0.15, -0.1) is 0 Å². The molecule has 1 heterocycles. The molecule has 2 rings (SSSR count). The molecule has 1 aliphatic carbocycles. The monoisotopic (exact) mass is 282 g/mol. The number of carbonyl (C=O) groups excluding carboxylic acids is 2. The number of esters is 1. The SMILES string of the molecule is COC(=O)[C@@]12CCC[C@@H]1CN(CC(=O)NC(C)(C)C)C2. The fraction of sp³-hybridized carbons (Fsp3) is 0.867. The lowest BCUT2D eigenvalue weighted by atomic mass is 9.81. The van der Waals surface area contributed by atoms with Crippen LogP contribution < -0.4 is 5.32 Å². The van der Waals surface area contributed by atoms with Crippen LogP contribution in [0.15, 0.2) is 0 Å². The molecular weight excluding hydrogens is 256 g/mol. The van der Waals surface area contributed by atoms with Crippen LogP contribution in [-0.4, -0.2) is 49.1 Å². The van der Waals surface area contributed by atoms with Crippen molar-refractivity contribution < 1.29 is 14.3 Å². The molecule has 0 radical (unpaired) electrons. The van der Waals surface area contributed by atoms with E-state index in [1.54, 1.807) is 0 Å². The van der Waals surface area contributed by atoms with E-state index in [4.69, 9.17) is 4.74 Å². The predicted molar refractivity (Wildman–Crippen MR) is 76.1 cm³/mol. The van der Waals surface area contributed by atoms with E-state index < -0.39 is 0 Å². The van der Waals surface area contributed by atoms with Crippen molar-refractivity contribution in [1.29, 1.82) is 0 Å². The molecule has 0 aromatic heterocycles. The molecule has 1 saturated heterocycles. The molecule has 5 nitrogen and oxygen atoms in total. The number of hydrogen-bond donors (Lipinski definition) is 1. The number of ether oxygens (including phenoxy) is 1. The van der Waals surface area contributed by atoms with Gasteiger partial charge in [0.2, 0.25) is 5.91 Å². The third-order valence-corrected chi connectivity index (χ3v) is 4.41. The number of hydrogen-bond acceptors (Lipinski definition) is 4. The molecular formula is C15H26N2O3. The van der Waals surface area contributed by atoms with Gasteiger partial charge >= 0.3 is 5.97 Å². The number of nitrogens with one attached hydrogen (secondary N) is 1. The van der Waals surface area contributed by atoms with Crippen LogP contribution in [0.25, 0.3) is 0 Å². The van der Waals surface area contributed by atoms with Gasteiger partial charge in [-0.25, -0.2) is 0 Å². The second-order valence-electron chi connectivity index (χ2n) is 7.20. The van der Waals surface area contributed by atoms with Crippen molar-refractivity contribution in [3.63, 3.8) is 0 Å². The number of likely N-dealkylation sites (tertiary alicyclic amines) is 1. The van der Waals surface area contributed by atoms with E-state index in [1.165, 1.54) is 7.11 Å². The first-order valence-electron chi connectivity index (χ1n) is 7.39. The lowest BCUT2D eigenvalue weighted by Gasteiger charge is -2.26. The number of nitrogens with zero attached hydrogens (tertiary/aromatic N) is 1. The minimum Gasteiger partial charge on any atom is -0.469 e. The van der Waals surface area contributed by atoms with Crippen molar-refractivity contribution >= 4 is 11.9 Å². The fourth-order valence-electron chi connectivity index (χ4n) is 3.71. The summed E-state index contributed by atoms with van der Waals surface area (Å²) in [6.07, 6.45) is 3.04. The van der Waals surface area contributed by atoms with Crippen LogP contribution in [0.1, 0.15) is 40.0 Å². The Bertz CT molecular complexity index is 402. The zero-order chi connectivity index (χ0) is 15.0. The molecule has 20 heavy (non-hydrogen) atoms. The van der Waals surface area contributed by atoms with Gasteiger partial charge in [-0.2, -0.15) is 0 Å². The smallest absolute Gasteiger partial charge is 0.313 e. The van der Waals surface area contributed by atoms with E-state index in [0.29, 0.717) is 19.0 Å². The van der Waals surface area contributed by atoms with E-state index in [2.05, 4.69) is 10.2 Å². The van der Waals surface area contributed by atoms with Crippen LogP contribution in [0.3, 0.4) is 0 Å². The molecule has 5 heteroatoms. The second kappa shape index (κ2) is 5.35. The highest BCUT2D eigenvalue weighted by molar-refractivity contribution is 5.80. The number of fused-ring (bicyclic) bond motifs is 1. The molecule has 2 fully saturated rings. The first-order chi connectivity index (χ1) is 9.27. The van der Waals surface area contributed by atoms with Crippen molar-refractivity contribution in [3.05, 3.63) is 0 Å². The van der Waals surface area contributed by atoms with Gasteiger partial charge in [-0.1, -0.05) is 6.42 Å². The van der Waals surface area contributed by atoms with Crippen molar-refractivity contribution in [1.82, 2.24) is 10.2 Å². The average Bonchev–Trinajstić information content (AvgIpc) is 2.82. The van der Waals surface area contributed by atoms with Crippen LogP contribution in [0.5, 0.6) is 0 Å². The van der Waals surface area contributed by atoms with E-state index in [0.717, 1.165) is 25.8 Å².